The highest BCUT2D eigenvalue weighted by Crippen LogP contribution is 2.40. The van der Waals surface area contributed by atoms with Crippen LogP contribution in [0.2, 0.25) is 0 Å². The fourth-order valence-corrected chi connectivity index (χ4v) is 4.56. The standard InChI is InChI=1S/C26H28N6O4/c1-3-4-8-26(29-30-26)9-7-23(34)32-12-10-31(11-13-32)18-5-6-19-20(16-18)28-25(27-19)17-14-21(33)24(35)22(15-17)36-2/h1,5-6,14-16,33,35H,4,7-13H2,2H3,(H,27,28). The second-order valence-electron chi connectivity index (χ2n) is 9.09. The van der Waals surface area contributed by atoms with Crippen LogP contribution in [0.1, 0.15) is 25.7 Å². The van der Waals surface area contributed by atoms with Gasteiger partial charge in [-0.2, -0.15) is 10.2 Å². The van der Waals surface area contributed by atoms with Crippen molar-refractivity contribution < 1.29 is 19.7 Å². The molecule has 1 fully saturated rings. The number of aromatic hydroxyl groups is 2. The summed E-state index contributed by atoms with van der Waals surface area (Å²) < 4.78 is 5.13. The summed E-state index contributed by atoms with van der Waals surface area (Å²) >= 11 is 0. The molecular formula is C26H28N6O4. The Morgan fingerprint density at radius 3 is 2.64 bits per heavy atom. The smallest absolute Gasteiger partial charge is 0.222 e. The van der Waals surface area contributed by atoms with Gasteiger partial charge in [-0.05, 0) is 30.3 Å². The molecule has 3 heterocycles. The van der Waals surface area contributed by atoms with Crippen LogP contribution >= 0.6 is 0 Å². The maximum atomic E-state index is 12.7. The summed E-state index contributed by atoms with van der Waals surface area (Å²) in [6.45, 7) is 2.77. The van der Waals surface area contributed by atoms with E-state index in [1.807, 2.05) is 23.1 Å². The zero-order valence-electron chi connectivity index (χ0n) is 20.1. The number of phenolic OH excluding ortho intramolecular Hbond substituents is 2. The zero-order chi connectivity index (χ0) is 25.3. The quantitative estimate of drug-likeness (QED) is 0.328. The Bertz CT molecular complexity index is 1360. The van der Waals surface area contributed by atoms with E-state index in [1.54, 1.807) is 6.07 Å². The maximum absolute atomic E-state index is 12.7. The summed E-state index contributed by atoms with van der Waals surface area (Å²) in [5.74, 6) is 2.89. The third kappa shape index (κ3) is 4.64. The molecule has 10 nitrogen and oxygen atoms in total. The molecule has 0 bridgehead atoms. The van der Waals surface area contributed by atoms with Crippen molar-refractivity contribution in [1.82, 2.24) is 14.9 Å². The van der Waals surface area contributed by atoms with Gasteiger partial charge in [-0.3, -0.25) is 4.79 Å². The Morgan fingerprint density at radius 2 is 1.94 bits per heavy atom. The summed E-state index contributed by atoms with van der Waals surface area (Å²) in [6.07, 6.45) is 7.72. The Balaban J connectivity index is 1.22. The number of benzene rings is 2. The third-order valence-electron chi connectivity index (χ3n) is 6.80. The lowest BCUT2D eigenvalue weighted by molar-refractivity contribution is -0.131. The number of nitrogens with one attached hydrogen (secondary N) is 1. The lowest BCUT2D eigenvalue weighted by Gasteiger charge is -2.36. The number of H-pyrrole nitrogens is 1. The van der Waals surface area contributed by atoms with Gasteiger partial charge >= 0.3 is 0 Å². The van der Waals surface area contributed by atoms with Gasteiger partial charge in [0, 0.05) is 63.1 Å². The highest BCUT2D eigenvalue weighted by atomic mass is 16.5. The number of ether oxygens (including phenoxy) is 1. The van der Waals surface area contributed by atoms with E-state index in [9.17, 15) is 15.0 Å². The molecule has 36 heavy (non-hydrogen) atoms. The van der Waals surface area contributed by atoms with E-state index in [4.69, 9.17) is 11.2 Å². The first kappa shape index (κ1) is 23.5. The second-order valence-corrected chi connectivity index (χ2v) is 9.09. The average molecular weight is 489 g/mol. The van der Waals surface area contributed by atoms with Crippen molar-refractivity contribution in [1.29, 1.82) is 0 Å². The molecule has 2 aliphatic rings. The molecule has 5 rings (SSSR count). The monoisotopic (exact) mass is 488 g/mol. The number of rotatable bonds is 8. The molecule has 1 aromatic heterocycles. The Hall–Kier alpha value is -4.26. The SMILES string of the molecule is C#CCCC1(CCC(=O)N2CCN(c3ccc4[nH]c(-c5cc(O)c(O)c(OC)c5)nc4c3)CC2)N=N1. The number of aromatic nitrogens is 2. The topological polar surface area (TPSA) is 127 Å². The number of hydrogen-bond acceptors (Lipinski definition) is 8. The molecule has 0 saturated carbocycles. The summed E-state index contributed by atoms with van der Waals surface area (Å²) in [6, 6.07) is 9.06. The van der Waals surface area contributed by atoms with Crippen LogP contribution in [0.5, 0.6) is 17.2 Å². The number of nitrogens with zero attached hydrogens (tertiary/aromatic N) is 5. The minimum Gasteiger partial charge on any atom is -0.504 e. The Morgan fingerprint density at radius 1 is 1.17 bits per heavy atom. The molecule has 0 aliphatic carbocycles. The van der Waals surface area contributed by atoms with Gasteiger partial charge in [-0.25, -0.2) is 4.98 Å². The fourth-order valence-electron chi connectivity index (χ4n) is 4.56. The number of aromatic amines is 1. The molecule has 1 amide bonds. The molecule has 3 N–H and O–H groups in total. The molecule has 186 valence electrons. The number of amides is 1. The van der Waals surface area contributed by atoms with Crippen LogP contribution in [0, 0.1) is 12.3 Å². The summed E-state index contributed by atoms with van der Waals surface area (Å²) in [7, 11) is 1.42. The van der Waals surface area contributed by atoms with E-state index in [1.165, 1.54) is 13.2 Å². The number of fused-ring (bicyclic) bond motifs is 1. The van der Waals surface area contributed by atoms with Crippen LogP contribution in [-0.2, 0) is 4.79 Å². The zero-order valence-corrected chi connectivity index (χ0v) is 20.1. The van der Waals surface area contributed by atoms with E-state index < -0.39 is 5.66 Å². The number of methoxy groups -OCH3 is 1. The van der Waals surface area contributed by atoms with Gasteiger partial charge in [0.05, 0.1) is 18.1 Å². The number of carbonyl (C=O) groups excluding carboxylic acids is 1. The van der Waals surface area contributed by atoms with Gasteiger partial charge in [-0.1, -0.05) is 0 Å². The van der Waals surface area contributed by atoms with Crippen molar-refractivity contribution in [3.05, 3.63) is 30.3 Å². The molecule has 0 radical (unpaired) electrons. The highest BCUT2D eigenvalue weighted by Gasteiger charge is 2.39. The first-order chi connectivity index (χ1) is 17.4. The summed E-state index contributed by atoms with van der Waals surface area (Å²) in [5, 5.41) is 28.1. The fraction of sp³-hybridized carbons (Fsp3) is 0.385. The van der Waals surface area contributed by atoms with Crippen LogP contribution in [0.3, 0.4) is 0 Å². The molecule has 2 aliphatic heterocycles. The van der Waals surface area contributed by atoms with Gasteiger partial charge in [-0.15, -0.1) is 12.3 Å². The first-order valence-corrected chi connectivity index (χ1v) is 11.9. The number of carbonyl (C=O) groups is 1. The molecule has 2 aromatic carbocycles. The average Bonchev–Trinajstić information content (AvgIpc) is 3.55. The number of piperazine rings is 1. The number of phenols is 2. The maximum Gasteiger partial charge on any atom is 0.222 e. The van der Waals surface area contributed by atoms with Crippen molar-refractivity contribution in [2.24, 2.45) is 10.2 Å². The van der Waals surface area contributed by atoms with E-state index in [0.29, 0.717) is 50.2 Å². The van der Waals surface area contributed by atoms with Gasteiger partial charge in [0.25, 0.3) is 0 Å². The van der Waals surface area contributed by atoms with Gasteiger partial charge in [0.15, 0.2) is 17.2 Å². The molecule has 0 atom stereocenters. The lowest BCUT2D eigenvalue weighted by atomic mass is 10.0. The minimum atomic E-state index is -0.425. The summed E-state index contributed by atoms with van der Waals surface area (Å²) in [5.41, 5.74) is 2.83. The second kappa shape index (κ2) is 9.41. The van der Waals surface area contributed by atoms with Crippen molar-refractivity contribution in [3.8, 4) is 41.0 Å². The minimum absolute atomic E-state index is 0.131. The normalized spacial score (nSPS) is 16.2. The number of imidazole rings is 1. The van der Waals surface area contributed by atoms with Gasteiger partial charge in [0.1, 0.15) is 5.82 Å². The Labute approximate surface area is 208 Å². The molecular weight excluding hydrogens is 460 g/mol. The highest BCUT2D eigenvalue weighted by molar-refractivity contribution is 5.83. The molecule has 1 saturated heterocycles. The lowest BCUT2D eigenvalue weighted by Crippen LogP contribution is -2.48. The molecule has 0 unspecified atom stereocenters. The Kier molecular flexibility index (Phi) is 6.14. The number of anilines is 1. The van der Waals surface area contributed by atoms with Crippen LogP contribution in [0.4, 0.5) is 5.69 Å². The molecule has 0 spiro atoms. The van der Waals surface area contributed by atoms with Crippen LogP contribution in [0.15, 0.2) is 40.6 Å². The predicted octanol–water partition coefficient (Wildman–Crippen LogP) is 3.65. The molecule has 3 aromatic rings. The van der Waals surface area contributed by atoms with Crippen molar-refractivity contribution in [2.75, 3.05) is 38.2 Å². The van der Waals surface area contributed by atoms with Crippen molar-refractivity contribution in [3.63, 3.8) is 0 Å². The van der Waals surface area contributed by atoms with Crippen molar-refractivity contribution in [2.45, 2.75) is 31.3 Å². The van der Waals surface area contributed by atoms with E-state index >= 15 is 0 Å². The van der Waals surface area contributed by atoms with Crippen LogP contribution in [-0.4, -0.2) is 69.9 Å². The third-order valence-corrected chi connectivity index (χ3v) is 6.80. The predicted molar refractivity (Wildman–Crippen MR) is 135 cm³/mol. The van der Waals surface area contributed by atoms with Gasteiger partial charge < -0.3 is 29.7 Å². The molecule has 10 heteroatoms. The first-order valence-electron chi connectivity index (χ1n) is 11.9. The number of hydrogen-bond donors (Lipinski definition) is 3. The van der Waals surface area contributed by atoms with E-state index in [2.05, 4.69) is 31.0 Å². The van der Waals surface area contributed by atoms with Gasteiger partial charge in [0.2, 0.25) is 11.7 Å². The van der Waals surface area contributed by atoms with Crippen LogP contribution in [0.25, 0.3) is 22.4 Å². The summed E-state index contributed by atoms with van der Waals surface area (Å²) in [4.78, 5) is 24.8. The van der Waals surface area contributed by atoms with Crippen molar-refractivity contribution >= 4 is 22.6 Å². The van der Waals surface area contributed by atoms with E-state index in [-0.39, 0.29) is 23.2 Å². The van der Waals surface area contributed by atoms with E-state index in [0.717, 1.165) is 29.8 Å². The number of terminal acetylenes is 1. The largest absolute Gasteiger partial charge is 0.504 e. The van der Waals surface area contributed by atoms with Crippen LogP contribution < -0.4 is 9.64 Å².